The average molecular weight is 308 g/mol. The van der Waals surface area contributed by atoms with Crippen molar-refractivity contribution in [1.29, 1.82) is 0 Å². The lowest BCUT2D eigenvalue weighted by Crippen LogP contribution is -2.39. The van der Waals surface area contributed by atoms with Gasteiger partial charge in [-0.25, -0.2) is 0 Å². The third kappa shape index (κ3) is 4.87. The molecule has 1 aromatic rings. The predicted molar refractivity (Wildman–Crippen MR) is 80.9 cm³/mol. The van der Waals surface area contributed by atoms with Gasteiger partial charge in [0, 0.05) is 18.9 Å². The zero-order valence-corrected chi connectivity index (χ0v) is 12.9. The van der Waals surface area contributed by atoms with E-state index in [1.165, 1.54) is 6.26 Å². The summed E-state index contributed by atoms with van der Waals surface area (Å²) in [5.74, 6) is 0.0556. The molecule has 1 unspecified atom stereocenters. The average Bonchev–Trinajstić information content (AvgIpc) is 3.16. The summed E-state index contributed by atoms with van der Waals surface area (Å²) in [6.07, 6.45) is 6.14. The lowest BCUT2D eigenvalue weighted by Gasteiger charge is -2.21. The van der Waals surface area contributed by atoms with Gasteiger partial charge in [0.25, 0.3) is 0 Å². The maximum Gasteiger partial charge on any atom is 0.220 e. The van der Waals surface area contributed by atoms with E-state index in [-0.39, 0.29) is 37.2 Å². The summed E-state index contributed by atoms with van der Waals surface area (Å²) in [5.41, 5.74) is -1.26. The Morgan fingerprint density at radius 2 is 2.00 bits per heavy atom. The van der Waals surface area contributed by atoms with E-state index in [0.717, 1.165) is 25.7 Å². The number of hydrogen-bond acceptors (Lipinski definition) is 4. The molecule has 1 aliphatic carbocycles. The first kappa shape index (κ1) is 16.5. The van der Waals surface area contributed by atoms with E-state index < -0.39 is 5.60 Å². The summed E-state index contributed by atoms with van der Waals surface area (Å²) < 4.78 is 5.14. The van der Waals surface area contributed by atoms with E-state index in [9.17, 15) is 14.7 Å². The Labute approximate surface area is 130 Å². The first-order chi connectivity index (χ1) is 10.5. The smallest absolute Gasteiger partial charge is 0.220 e. The minimum Gasteiger partial charge on any atom is -0.466 e. The van der Waals surface area contributed by atoms with Crippen molar-refractivity contribution in [3.8, 4) is 0 Å². The standard InChI is InChI=1S/C16H24N2O4/c1-16(21,13-7-4-10-22-13)11-17-14(19)8-9-15(20)18-12-5-2-3-6-12/h4,7,10,12,21H,2-3,5-6,8-9,11H2,1H3,(H,17,19)(H,18,20). The predicted octanol–water partition coefficient (Wildman–Crippen LogP) is 1.44. The molecule has 1 aliphatic rings. The zero-order chi connectivity index (χ0) is 16.0. The van der Waals surface area contributed by atoms with Crippen LogP contribution in [0.3, 0.4) is 0 Å². The lowest BCUT2D eigenvalue weighted by molar-refractivity contribution is -0.127. The summed E-state index contributed by atoms with van der Waals surface area (Å²) in [6, 6.07) is 3.61. The van der Waals surface area contributed by atoms with Gasteiger partial charge in [-0.05, 0) is 31.9 Å². The summed E-state index contributed by atoms with van der Waals surface area (Å²) in [4.78, 5) is 23.5. The van der Waals surface area contributed by atoms with Crippen LogP contribution in [0.2, 0.25) is 0 Å². The number of rotatable bonds is 7. The van der Waals surface area contributed by atoms with Crippen LogP contribution in [-0.2, 0) is 15.2 Å². The summed E-state index contributed by atoms with van der Waals surface area (Å²) in [7, 11) is 0. The Bertz CT molecular complexity index is 490. The van der Waals surface area contributed by atoms with Gasteiger partial charge in [-0.15, -0.1) is 0 Å². The van der Waals surface area contributed by atoms with E-state index >= 15 is 0 Å². The molecule has 0 bridgehead atoms. The number of carbonyl (C=O) groups is 2. The SMILES string of the molecule is CC(O)(CNC(=O)CCC(=O)NC1CCCC1)c1ccco1. The molecule has 22 heavy (non-hydrogen) atoms. The van der Waals surface area contributed by atoms with Gasteiger partial charge in [0.2, 0.25) is 11.8 Å². The number of hydrogen-bond donors (Lipinski definition) is 3. The second-order valence-corrected chi connectivity index (χ2v) is 6.08. The number of furan rings is 1. The van der Waals surface area contributed by atoms with Crippen molar-refractivity contribution in [3.63, 3.8) is 0 Å². The van der Waals surface area contributed by atoms with Crippen molar-refractivity contribution in [2.24, 2.45) is 0 Å². The largest absolute Gasteiger partial charge is 0.466 e. The molecule has 3 N–H and O–H groups in total. The Balaban J connectivity index is 1.66. The van der Waals surface area contributed by atoms with Crippen LogP contribution in [-0.4, -0.2) is 29.5 Å². The molecule has 6 heteroatoms. The van der Waals surface area contributed by atoms with Crippen molar-refractivity contribution in [1.82, 2.24) is 10.6 Å². The Morgan fingerprint density at radius 3 is 2.64 bits per heavy atom. The van der Waals surface area contributed by atoms with Crippen molar-refractivity contribution >= 4 is 11.8 Å². The van der Waals surface area contributed by atoms with Gasteiger partial charge < -0.3 is 20.2 Å². The number of amides is 2. The zero-order valence-electron chi connectivity index (χ0n) is 12.9. The number of carbonyl (C=O) groups excluding carboxylic acids is 2. The van der Waals surface area contributed by atoms with Crippen LogP contribution in [0.25, 0.3) is 0 Å². The Kier molecular flexibility index (Phi) is 5.60. The fourth-order valence-corrected chi connectivity index (χ4v) is 2.63. The van der Waals surface area contributed by atoms with Crippen LogP contribution < -0.4 is 10.6 Å². The number of aliphatic hydroxyl groups is 1. The quantitative estimate of drug-likeness (QED) is 0.711. The first-order valence-electron chi connectivity index (χ1n) is 7.80. The van der Waals surface area contributed by atoms with Crippen molar-refractivity contribution < 1.29 is 19.1 Å². The highest BCUT2D eigenvalue weighted by Crippen LogP contribution is 2.20. The number of nitrogens with one attached hydrogen (secondary N) is 2. The van der Waals surface area contributed by atoms with Gasteiger partial charge in [0.1, 0.15) is 11.4 Å². The van der Waals surface area contributed by atoms with E-state index in [1.54, 1.807) is 19.1 Å². The highest BCUT2D eigenvalue weighted by Gasteiger charge is 2.26. The molecule has 2 amide bonds. The third-order valence-electron chi connectivity index (χ3n) is 3.98. The maximum absolute atomic E-state index is 11.8. The van der Waals surface area contributed by atoms with Crippen molar-refractivity contribution in [2.75, 3.05) is 6.54 Å². The van der Waals surface area contributed by atoms with E-state index in [0.29, 0.717) is 5.76 Å². The fourth-order valence-electron chi connectivity index (χ4n) is 2.63. The van der Waals surface area contributed by atoms with Crippen LogP contribution in [0.15, 0.2) is 22.8 Å². The van der Waals surface area contributed by atoms with E-state index in [2.05, 4.69) is 10.6 Å². The molecule has 0 aliphatic heterocycles. The van der Waals surface area contributed by atoms with E-state index in [4.69, 9.17) is 4.42 Å². The monoisotopic (exact) mass is 308 g/mol. The molecule has 1 fully saturated rings. The van der Waals surface area contributed by atoms with Crippen molar-refractivity contribution in [3.05, 3.63) is 24.2 Å². The molecule has 1 saturated carbocycles. The Hall–Kier alpha value is -1.82. The molecule has 0 spiro atoms. The van der Waals surface area contributed by atoms with Crippen LogP contribution in [0.1, 0.15) is 51.2 Å². The highest BCUT2D eigenvalue weighted by atomic mass is 16.4. The lowest BCUT2D eigenvalue weighted by atomic mass is 10.0. The molecule has 0 saturated heterocycles. The normalized spacial score (nSPS) is 17.9. The summed E-state index contributed by atoms with van der Waals surface area (Å²) >= 11 is 0. The van der Waals surface area contributed by atoms with Crippen LogP contribution in [0, 0.1) is 0 Å². The minimum atomic E-state index is -1.26. The van der Waals surface area contributed by atoms with Gasteiger partial charge in [-0.1, -0.05) is 12.8 Å². The molecular weight excluding hydrogens is 284 g/mol. The highest BCUT2D eigenvalue weighted by molar-refractivity contribution is 5.83. The second-order valence-electron chi connectivity index (χ2n) is 6.08. The summed E-state index contributed by atoms with van der Waals surface area (Å²) in [6.45, 7) is 1.61. The molecule has 1 atom stereocenters. The van der Waals surface area contributed by atoms with Gasteiger partial charge in [-0.2, -0.15) is 0 Å². The maximum atomic E-state index is 11.8. The molecule has 6 nitrogen and oxygen atoms in total. The van der Waals surface area contributed by atoms with Crippen LogP contribution >= 0.6 is 0 Å². The molecule has 1 aromatic heterocycles. The van der Waals surface area contributed by atoms with E-state index in [1.807, 2.05) is 0 Å². The Morgan fingerprint density at radius 1 is 1.32 bits per heavy atom. The van der Waals surface area contributed by atoms with Gasteiger partial charge in [0.15, 0.2) is 0 Å². The molecule has 0 aromatic carbocycles. The molecule has 122 valence electrons. The summed E-state index contributed by atoms with van der Waals surface area (Å²) in [5, 5.41) is 15.8. The molecular formula is C16H24N2O4. The molecule has 1 heterocycles. The molecule has 0 radical (unpaired) electrons. The van der Waals surface area contributed by atoms with Gasteiger partial charge in [0.05, 0.1) is 12.8 Å². The first-order valence-corrected chi connectivity index (χ1v) is 7.80. The van der Waals surface area contributed by atoms with Gasteiger partial charge >= 0.3 is 0 Å². The topological polar surface area (TPSA) is 91.6 Å². The second kappa shape index (κ2) is 7.45. The van der Waals surface area contributed by atoms with Crippen LogP contribution in [0.4, 0.5) is 0 Å². The van der Waals surface area contributed by atoms with Crippen LogP contribution in [0.5, 0.6) is 0 Å². The van der Waals surface area contributed by atoms with Gasteiger partial charge in [-0.3, -0.25) is 9.59 Å². The van der Waals surface area contributed by atoms with Crippen molar-refractivity contribution in [2.45, 2.75) is 57.1 Å². The minimum absolute atomic E-state index is 0.0452. The third-order valence-corrected chi connectivity index (χ3v) is 3.98. The molecule has 2 rings (SSSR count). The fraction of sp³-hybridized carbons (Fsp3) is 0.625.